The summed E-state index contributed by atoms with van der Waals surface area (Å²) < 4.78 is 17.1. The van der Waals surface area contributed by atoms with E-state index in [9.17, 15) is 0 Å². The molecule has 0 radical (unpaired) electrons. The van der Waals surface area contributed by atoms with Crippen molar-refractivity contribution in [3.63, 3.8) is 0 Å². The first-order valence-corrected chi connectivity index (χ1v) is 4.38. The van der Waals surface area contributed by atoms with Crippen LogP contribution in [0.4, 0.5) is 0 Å². The van der Waals surface area contributed by atoms with Gasteiger partial charge in [-0.15, -0.1) is 0 Å². The Balaban J connectivity index is -0.00000000117. The van der Waals surface area contributed by atoms with Crippen molar-refractivity contribution in [3.8, 4) is 0 Å². The van der Waals surface area contributed by atoms with Crippen LogP contribution in [-0.2, 0) is 9.13 Å². The fraction of sp³-hybridized carbons (Fsp3) is 0. The summed E-state index contributed by atoms with van der Waals surface area (Å²) in [6.07, 6.45) is 0. The van der Waals surface area contributed by atoms with Gasteiger partial charge in [-0.3, -0.25) is 0 Å². The maximum atomic E-state index is 8.55. The maximum Gasteiger partial charge on any atom is 2.00 e. The van der Waals surface area contributed by atoms with Gasteiger partial charge in [0, 0.05) is 0 Å². The third-order valence-corrected chi connectivity index (χ3v) is 0. The van der Waals surface area contributed by atoms with Gasteiger partial charge in [0.25, 0.3) is 0 Å². The molecule has 8 nitrogen and oxygen atoms in total. The summed E-state index contributed by atoms with van der Waals surface area (Å²) in [6, 6.07) is 0. The first-order valence-electron chi connectivity index (χ1n) is 1.46. The molecule has 0 aliphatic carbocycles. The van der Waals surface area contributed by atoms with E-state index in [2.05, 4.69) is 0 Å². The summed E-state index contributed by atoms with van der Waals surface area (Å²) in [6.45, 7) is 0. The Hall–Kier alpha value is 6.28. The second kappa shape index (κ2) is 135. The number of halogens is 12. The van der Waals surface area contributed by atoms with Crippen molar-refractivity contribution in [1.82, 2.24) is 0 Å². The Kier molecular flexibility index (Phi) is 1050. The van der Waals surface area contributed by atoms with Crippen LogP contribution in [0, 0.1) is 0 Å². The molecule has 0 bridgehead atoms. The third kappa shape index (κ3) is 1080. The summed E-state index contributed by atoms with van der Waals surface area (Å²) in [5.41, 5.74) is 0. The predicted molar refractivity (Wildman–Crippen MR) is 67.0 cm³/mol. The van der Waals surface area contributed by atoms with E-state index in [0.717, 1.165) is 0 Å². The summed E-state index contributed by atoms with van der Waals surface area (Å²) in [7, 11) is -10.8. The van der Waals surface area contributed by atoms with Crippen LogP contribution < -0.4 is 85.8 Å². The second-order valence-electron chi connectivity index (χ2n) is 0.894. The van der Waals surface area contributed by atoms with Crippen LogP contribution in [0.25, 0.3) is 0 Å². The second-order valence-corrected chi connectivity index (χ2v) is 2.68. The zero-order valence-corrected chi connectivity index (χ0v) is 29.6. The van der Waals surface area contributed by atoms with Crippen LogP contribution in [0.15, 0.2) is 0 Å². The SMILES string of the molecule is O=P([O-])([O-])[O-].O=P([O-])([O-])[O-].[F-].[F-].[F-].[F-].[F-].[F-].[F-].[F-].[F-].[F-].[F-].[F-].[Mg+2].[Mg+2].[Mg+2].[Mg+2].[Mg+2].[Mg+2].[Mg+2].[Mg+2].[Mg+2]. The summed E-state index contributed by atoms with van der Waals surface area (Å²) in [4.78, 5) is 51.3. The van der Waals surface area contributed by atoms with E-state index in [4.69, 9.17) is 38.5 Å². The first kappa shape index (κ1) is 241. The molecule has 0 N–H and O–H groups in total. The molecule has 0 spiro atoms. The fourth-order valence-electron chi connectivity index (χ4n) is 0. The Labute approximate surface area is 312 Å². The van der Waals surface area contributed by atoms with Gasteiger partial charge in [-0.05, 0) is 0 Å². The topological polar surface area (TPSA) is 172 Å². The molecule has 160 valence electrons. The molecule has 0 fully saturated rings. The van der Waals surface area contributed by atoms with E-state index in [-0.39, 0.29) is 264 Å². The molecule has 31 heavy (non-hydrogen) atoms. The Morgan fingerprint density at radius 2 is 0.258 bits per heavy atom. The molecule has 0 aromatic carbocycles. The normalized spacial score (nSPS) is 3.81. The molecule has 0 unspecified atom stereocenters. The molecule has 0 atom stereocenters. The van der Waals surface area contributed by atoms with E-state index in [1.807, 2.05) is 0 Å². The molecule has 0 rings (SSSR count). The zero-order chi connectivity index (χ0) is 9.00. The smallest absolute Gasteiger partial charge is 1.00 e. The Morgan fingerprint density at radius 1 is 0.258 bits per heavy atom. The van der Waals surface area contributed by atoms with E-state index in [1.165, 1.54) is 0 Å². The van der Waals surface area contributed by atoms with Gasteiger partial charge < -0.3 is 94.9 Å². The quantitative estimate of drug-likeness (QED) is 0.143. The molecule has 0 aromatic rings. The fourth-order valence-corrected chi connectivity index (χ4v) is 0. The summed E-state index contributed by atoms with van der Waals surface area (Å²) in [5, 5.41) is 0. The average Bonchev–Trinajstić information content (AvgIpc) is 1.12. The first-order chi connectivity index (χ1) is 4.00. The molecular weight excluding hydrogens is 637 g/mol. The third-order valence-electron chi connectivity index (χ3n) is 0. The van der Waals surface area contributed by atoms with Crippen molar-refractivity contribution in [2.24, 2.45) is 0 Å². The molecule has 0 amide bonds. The van der Waals surface area contributed by atoms with Crippen LogP contribution in [0.5, 0.6) is 0 Å². The van der Waals surface area contributed by atoms with E-state index in [1.54, 1.807) is 0 Å². The molecule has 0 aliphatic rings. The van der Waals surface area contributed by atoms with Gasteiger partial charge in [-0.2, -0.15) is 15.6 Å². The minimum absolute atomic E-state index is 0. The van der Waals surface area contributed by atoms with Crippen molar-refractivity contribution in [3.05, 3.63) is 0 Å². The Bertz CT molecular complexity index is 168. The molecule has 0 saturated carbocycles. The monoisotopic (exact) mass is 634 g/mol. The number of hydrogen-bond acceptors (Lipinski definition) is 8. The van der Waals surface area contributed by atoms with Crippen LogP contribution in [0.1, 0.15) is 0 Å². The average molecular weight is 637 g/mol. The van der Waals surface area contributed by atoms with Gasteiger partial charge >= 0.3 is 207 Å². The van der Waals surface area contributed by atoms with Crippen molar-refractivity contribution < 1.29 is 94.9 Å². The van der Waals surface area contributed by atoms with Gasteiger partial charge in [-0.1, -0.05) is 0 Å². The van der Waals surface area contributed by atoms with Gasteiger partial charge in [0.15, 0.2) is 0 Å². The molecule has 0 aromatic heterocycles. The van der Waals surface area contributed by atoms with Gasteiger partial charge in [0.2, 0.25) is 0 Å². The standard InChI is InChI=1S/12FH.9Mg.2H3O4P/c;;;;;;;;;;;;;;;;;;;;;2*1-5(2,3)4/h12*1H;;;;;;;;;;2*(H3,1,2,3,4)/q;;;;;;;;;;;;9*+2;;/p-18. The maximum absolute atomic E-state index is 8.55. The zero-order valence-electron chi connectivity index (χ0n) is 15.1. The molecule has 0 heterocycles. The van der Waals surface area contributed by atoms with E-state index >= 15 is 0 Å². The van der Waals surface area contributed by atoms with Crippen LogP contribution in [-0.4, -0.2) is 207 Å². The van der Waals surface area contributed by atoms with E-state index < -0.39 is 15.6 Å². The van der Waals surface area contributed by atoms with E-state index in [0.29, 0.717) is 0 Å². The molecular formula is F12Mg9O8P2. The summed E-state index contributed by atoms with van der Waals surface area (Å²) in [5.74, 6) is 0. The Morgan fingerprint density at radius 3 is 0.258 bits per heavy atom. The van der Waals surface area contributed by atoms with Crippen molar-refractivity contribution in [2.75, 3.05) is 0 Å². The van der Waals surface area contributed by atoms with Gasteiger partial charge in [0.05, 0.1) is 0 Å². The summed E-state index contributed by atoms with van der Waals surface area (Å²) >= 11 is 0. The van der Waals surface area contributed by atoms with Crippen molar-refractivity contribution in [2.45, 2.75) is 0 Å². The number of hydrogen-bond donors (Lipinski definition) is 0. The largest absolute Gasteiger partial charge is 2.00 e. The molecule has 31 heteroatoms. The molecule has 0 saturated heterocycles. The number of rotatable bonds is 0. The van der Waals surface area contributed by atoms with Crippen LogP contribution in [0.3, 0.4) is 0 Å². The van der Waals surface area contributed by atoms with Crippen LogP contribution in [0.2, 0.25) is 0 Å². The van der Waals surface area contributed by atoms with Gasteiger partial charge in [-0.25, -0.2) is 0 Å². The van der Waals surface area contributed by atoms with Crippen molar-refractivity contribution in [1.29, 1.82) is 0 Å². The molecule has 0 aliphatic heterocycles. The minimum atomic E-state index is -5.39. The number of phosphoric acid groups is 2. The van der Waals surface area contributed by atoms with Crippen molar-refractivity contribution >= 4 is 223 Å². The minimum Gasteiger partial charge on any atom is -1.00 e. The predicted octanol–water partition coefficient (Wildman–Crippen LogP) is -45.0. The van der Waals surface area contributed by atoms with Gasteiger partial charge in [0.1, 0.15) is 0 Å². The van der Waals surface area contributed by atoms with Crippen LogP contribution >= 0.6 is 15.6 Å².